The van der Waals surface area contributed by atoms with Crippen molar-refractivity contribution in [3.05, 3.63) is 61.2 Å². The Labute approximate surface area is 237 Å². The van der Waals surface area contributed by atoms with Crippen molar-refractivity contribution in [1.29, 1.82) is 0 Å². The van der Waals surface area contributed by atoms with Gasteiger partial charge >= 0.3 is 5.97 Å². The number of likely N-dealkylation sites (tertiary alicyclic amines) is 1. The van der Waals surface area contributed by atoms with E-state index in [1.54, 1.807) is 33.7 Å². The van der Waals surface area contributed by atoms with Crippen molar-refractivity contribution in [3.8, 4) is 0 Å². The number of aliphatic hydroxyl groups is 1. The van der Waals surface area contributed by atoms with E-state index in [-0.39, 0.29) is 41.1 Å². The molecule has 1 aromatic rings. The molecule has 3 saturated heterocycles. The maximum atomic E-state index is 14.4. The lowest BCUT2D eigenvalue weighted by Gasteiger charge is -2.41. The average Bonchev–Trinajstić information content (AvgIpc) is 3.49. The largest absolute Gasteiger partial charge is 0.465 e. The second-order valence-corrected chi connectivity index (χ2v) is 13.3. The molecule has 3 unspecified atom stereocenters. The molecule has 1 spiro atoms. The van der Waals surface area contributed by atoms with Gasteiger partial charge in [0.15, 0.2) is 0 Å². The SMILES string of the molecule is C=CCCOC(=O)[C@H]1[C@H]2C(=O)N([C@@H](CO)Cc3ccccc3)C(C(=O)N(CC=C)C(C)C)C23CC(Br)[C@@H]1S3. The van der Waals surface area contributed by atoms with Gasteiger partial charge in [0.1, 0.15) is 6.04 Å². The summed E-state index contributed by atoms with van der Waals surface area (Å²) in [6, 6.07) is 8.11. The van der Waals surface area contributed by atoms with Gasteiger partial charge in [0.05, 0.1) is 35.8 Å². The van der Waals surface area contributed by atoms with Crippen molar-refractivity contribution in [2.45, 2.75) is 66.1 Å². The van der Waals surface area contributed by atoms with Crippen molar-refractivity contribution in [3.63, 3.8) is 0 Å². The molecule has 3 heterocycles. The standard InChI is InChI=1S/C29H37BrN2O5S/c1-5-7-14-37-28(36)22-23-26(34)32(20(17-33)15-19-11-9-8-10-12-19)25(27(35)31(13-6-2)18(3)4)29(23)16-21(30)24(22)38-29/h5-6,8-12,18,20-25,33H,1-2,7,13-17H2,3-4H3/t20-,21?,22+,23+,24+,25?,29?/m1/s1. The summed E-state index contributed by atoms with van der Waals surface area (Å²) in [7, 11) is 0. The fraction of sp³-hybridized carbons (Fsp3) is 0.552. The van der Waals surface area contributed by atoms with Crippen LogP contribution in [0.5, 0.6) is 0 Å². The minimum Gasteiger partial charge on any atom is -0.465 e. The van der Waals surface area contributed by atoms with Gasteiger partial charge in [0.2, 0.25) is 11.8 Å². The first-order valence-corrected chi connectivity index (χ1v) is 15.0. The zero-order chi connectivity index (χ0) is 27.6. The molecule has 4 rings (SSSR count). The summed E-state index contributed by atoms with van der Waals surface area (Å²) in [5.74, 6) is -2.19. The third kappa shape index (κ3) is 4.97. The van der Waals surface area contributed by atoms with Crippen LogP contribution >= 0.6 is 27.7 Å². The molecule has 38 heavy (non-hydrogen) atoms. The Morgan fingerprint density at radius 3 is 2.61 bits per heavy atom. The topological polar surface area (TPSA) is 87.1 Å². The normalized spacial score (nSPS) is 30.3. The first-order valence-electron chi connectivity index (χ1n) is 13.2. The third-order valence-electron chi connectivity index (χ3n) is 7.95. The first-order chi connectivity index (χ1) is 18.2. The summed E-state index contributed by atoms with van der Waals surface area (Å²) in [6.45, 7) is 11.7. The Hall–Kier alpha value is -2.10. The second-order valence-electron chi connectivity index (χ2n) is 10.6. The van der Waals surface area contributed by atoms with Gasteiger partial charge in [-0.2, -0.15) is 0 Å². The maximum absolute atomic E-state index is 14.4. The Bertz CT molecular complexity index is 1070. The lowest BCUT2D eigenvalue weighted by molar-refractivity contribution is -0.154. The van der Waals surface area contributed by atoms with E-state index in [0.717, 1.165) is 5.56 Å². The number of alkyl halides is 1. The van der Waals surface area contributed by atoms with Crippen molar-refractivity contribution in [2.75, 3.05) is 19.8 Å². The molecule has 1 N–H and O–H groups in total. The summed E-state index contributed by atoms with van der Waals surface area (Å²) >= 11 is 5.35. The molecule has 0 aromatic heterocycles. The van der Waals surface area contributed by atoms with Crippen LogP contribution in [0.15, 0.2) is 55.6 Å². The number of nitrogens with zero attached hydrogens (tertiary/aromatic N) is 2. The van der Waals surface area contributed by atoms with Crippen LogP contribution in [0.1, 0.15) is 32.3 Å². The molecule has 3 aliphatic heterocycles. The van der Waals surface area contributed by atoms with Gasteiger partial charge < -0.3 is 19.6 Å². The van der Waals surface area contributed by atoms with Crippen LogP contribution in [-0.4, -0.2) is 85.4 Å². The summed E-state index contributed by atoms with van der Waals surface area (Å²) < 4.78 is 4.79. The first kappa shape index (κ1) is 28.9. The van der Waals surface area contributed by atoms with E-state index < -0.39 is 34.6 Å². The Morgan fingerprint density at radius 1 is 1.29 bits per heavy atom. The smallest absolute Gasteiger partial charge is 0.310 e. The van der Waals surface area contributed by atoms with Gasteiger partial charge in [0, 0.05) is 22.7 Å². The number of carbonyl (C=O) groups excluding carboxylic acids is 3. The van der Waals surface area contributed by atoms with Crippen LogP contribution in [0, 0.1) is 11.8 Å². The van der Waals surface area contributed by atoms with E-state index in [9.17, 15) is 19.5 Å². The average molecular weight is 606 g/mol. The number of ether oxygens (including phenoxy) is 1. The lowest BCUT2D eigenvalue weighted by atomic mass is 9.71. The molecule has 3 aliphatic rings. The van der Waals surface area contributed by atoms with Crippen LogP contribution in [-0.2, 0) is 25.5 Å². The minimum atomic E-state index is -0.816. The monoisotopic (exact) mass is 604 g/mol. The number of hydrogen-bond donors (Lipinski definition) is 1. The molecular weight excluding hydrogens is 568 g/mol. The molecule has 0 aliphatic carbocycles. The lowest BCUT2D eigenvalue weighted by Crippen LogP contribution is -2.59. The molecule has 1 aromatic carbocycles. The highest BCUT2D eigenvalue weighted by Crippen LogP contribution is 2.68. The Kier molecular flexibility index (Phi) is 9.10. The van der Waals surface area contributed by atoms with E-state index in [2.05, 4.69) is 29.1 Å². The zero-order valence-corrected chi connectivity index (χ0v) is 24.4. The number of amides is 2. The van der Waals surface area contributed by atoms with Crippen molar-refractivity contribution in [2.24, 2.45) is 11.8 Å². The second kappa shape index (κ2) is 12.0. The molecule has 2 bridgehead atoms. The van der Waals surface area contributed by atoms with Gasteiger partial charge in [-0.25, -0.2) is 0 Å². The number of thioether (sulfide) groups is 1. The van der Waals surface area contributed by atoms with Crippen molar-refractivity contribution in [1.82, 2.24) is 9.80 Å². The van der Waals surface area contributed by atoms with Gasteiger partial charge in [-0.05, 0) is 38.7 Å². The minimum absolute atomic E-state index is 0.0441. The summed E-state index contributed by atoms with van der Waals surface area (Å²) in [5, 5.41) is 10.4. The van der Waals surface area contributed by atoms with Gasteiger partial charge in [0.25, 0.3) is 0 Å². The summed E-state index contributed by atoms with van der Waals surface area (Å²) in [5.41, 5.74) is 0.961. The fourth-order valence-corrected chi connectivity index (χ4v) is 9.92. The highest BCUT2D eigenvalue weighted by atomic mass is 79.9. The van der Waals surface area contributed by atoms with Crippen LogP contribution < -0.4 is 0 Å². The van der Waals surface area contributed by atoms with Crippen molar-refractivity contribution >= 4 is 45.5 Å². The van der Waals surface area contributed by atoms with Gasteiger partial charge in [-0.15, -0.1) is 24.9 Å². The fourth-order valence-electron chi connectivity index (χ4n) is 6.34. The summed E-state index contributed by atoms with van der Waals surface area (Å²) in [6.07, 6.45) is 4.88. The van der Waals surface area contributed by atoms with E-state index in [0.29, 0.717) is 25.8 Å². The van der Waals surface area contributed by atoms with Crippen LogP contribution in [0.4, 0.5) is 0 Å². The van der Waals surface area contributed by atoms with E-state index >= 15 is 0 Å². The van der Waals surface area contributed by atoms with Gasteiger partial charge in [-0.1, -0.05) is 58.4 Å². The number of benzene rings is 1. The van der Waals surface area contributed by atoms with Crippen LogP contribution in [0.2, 0.25) is 0 Å². The molecule has 3 fully saturated rings. The third-order valence-corrected chi connectivity index (χ3v) is 11.2. The van der Waals surface area contributed by atoms with E-state index in [1.165, 1.54) is 0 Å². The molecular formula is C29H37BrN2O5S. The van der Waals surface area contributed by atoms with Gasteiger partial charge in [-0.3, -0.25) is 14.4 Å². The Morgan fingerprint density at radius 2 is 2.00 bits per heavy atom. The molecule has 7 nitrogen and oxygen atoms in total. The number of carbonyl (C=O) groups is 3. The predicted molar refractivity (Wildman–Crippen MR) is 153 cm³/mol. The number of fused-ring (bicyclic) bond motifs is 1. The zero-order valence-electron chi connectivity index (χ0n) is 22.0. The molecule has 0 saturated carbocycles. The van der Waals surface area contributed by atoms with E-state index in [1.807, 2.05) is 44.2 Å². The summed E-state index contributed by atoms with van der Waals surface area (Å²) in [4.78, 5) is 45.4. The Balaban J connectivity index is 1.78. The molecule has 2 amide bonds. The van der Waals surface area contributed by atoms with Crippen molar-refractivity contribution < 1.29 is 24.2 Å². The maximum Gasteiger partial charge on any atom is 0.310 e. The molecule has 9 heteroatoms. The predicted octanol–water partition coefficient (Wildman–Crippen LogP) is 3.60. The number of hydrogen-bond acceptors (Lipinski definition) is 6. The highest BCUT2D eigenvalue weighted by Gasteiger charge is 2.76. The number of rotatable bonds is 12. The number of aliphatic hydroxyl groups excluding tert-OH is 1. The molecule has 206 valence electrons. The highest BCUT2D eigenvalue weighted by molar-refractivity contribution is 9.09. The number of halogens is 1. The molecule has 7 atom stereocenters. The quantitative estimate of drug-likeness (QED) is 0.170. The van der Waals surface area contributed by atoms with Crippen LogP contribution in [0.3, 0.4) is 0 Å². The number of esters is 1. The molecule has 0 radical (unpaired) electrons. The van der Waals surface area contributed by atoms with Crippen LogP contribution in [0.25, 0.3) is 0 Å². The van der Waals surface area contributed by atoms with E-state index in [4.69, 9.17) is 4.74 Å².